The normalized spacial score (nSPS) is 11.6. The van der Waals surface area contributed by atoms with Gasteiger partial charge in [-0.1, -0.05) is 26.0 Å². The van der Waals surface area contributed by atoms with Gasteiger partial charge in [0.1, 0.15) is 18.1 Å². The van der Waals surface area contributed by atoms with E-state index in [-0.39, 0.29) is 29.4 Å². The van der Waals surface area contributed by atoms with Gasteiger partial charge in [0.2, 0.25) is 0 Å². The monoisotopic (exact) mass is 457 g/mol. The minimum Gasteiger partial charge on any atom is -0.497 e. The molecule has 6 heteroatoms. The van der Waals surface area contributed by atoms with Crippen LogP contribution in [-0.4, -0.2) is 26.2 Å². The third-order valence-electron chi connectivity index (χ3n) is 3.89. The van der Waals surface area contributed by atoms with Crippen LogP contribution in [0, 0.1) is 0 Å². The van der Waals surface area contributed by atoms with Gasteiger partial charge in [0.05, 0.1) is 13.4 Å². The second kappa shape index (κ2) is 10.3. The Hall–Kier alpha value is -1.70. The van der Waals surface area contributed by atoms with Crippen LogP contribution in [0.3, 0.4) is 0 Å². The van der Waals surface area contributed by atoms with Crippen molar-refractivity contribution in [1.82, 2.24) is 10.6 Å². The molecule has 0 atom stereocenters. The lowest BCUT2D eigenvalue weighted by molar-refractivity contribution is 0.414. The Labute approximate surface area is 167 Å². The molecular weight excluding hydrogens is 429 g/mol. The largest absolute Gasteiger partial charge is 0.497 e. The molecule has 0 unspecified atom stereocenters. The Kier molecular flexibility index (Phi) is 8.82. The van der Waals surface area contributed by atoms with Crippen molar-refractivity contribution in [3.05, 3.63) is 54.0 Å². The molecule has 138 valence electrons. The van der Waals surface area contributed by atoms with E-state index in [2.05, 4.69) is 48.5 Å². The van der Waals surface area contributed by atoms with Crippen LogP contribution < -0.4 is 15.4 Å². The van der Waals surface area contributed by atoms with Gasteiger partial charge in [0, 0.05) is 18.5 Å². The minimum atomic E-state index is -0.0346. The van der Waals surface area contributed by atoms with E-state index in [1.807, 2.05) is 24.3 Å². The summed E-state index contributed by atoms with van der Waals surface area (Å²) in [5.74, 6) is 2.51. The average Bonchev–Trinajstić information content (AvgIpc) is 3.11. The Balaban J connectivity index is 0.00000312. The molecule has 0 amide bonds. The summed E-state index contributed by atoms with van der Waals surface area (Å²) in [7, 11) is 1.68. The minimum absolute atomic E-state index is 0. The van der Waals surface area contributed by atoms with Crippen LogP contribution >= 0.6 is 24.0 Å². The highest BCUT2D eigenvalue weighted by molar-refractivity contribution is 14.0. The van der Waals surface area contributed by atoms with Gasteiger partial charge in [0.25, 0.3) is 0 Å². The first kappa shape index (κ1) is 21.3. The molecule has 0 aliphatic carbocycles. The number of guanidine groups is 1. The number of benzene rings is 1. The summed E-state index contributed by atoms with van der Waals surface area (Å²) in [5.41, 5.74) is 1.21. The molecule has 2 N–H and O–H groups in total. The summed E-state index contributed by atoms with van der Waals surface area (Å²) in [5, 5.41) is 6.68. The van der Waals surface area contributed by atoms with Gasteiger partial charge < -0.3 is 19.8 Å². The third kappa shape index (κ3) is 6.61. The molecule has 2 aromatic rings. The van der Waals surface area contributed by atoms with Gasteiger partial charge in [-0.2, -0.15) is 0 Å². The molecule has 25 heavy (non-hydrogen) atoms. The molecule has 2 rings (SSSR count). The Morgan fingerprint density at radius 1 is 1.16 bits per heavy atom. The lowest BCUT2D eigenvalue weighted by Crippen LogP contribution is -2.43. The van der Waals surface area contributed by atoms with Crippen LogP contribution in [-0.2, 0) is 12.0 Å². The molecular formula is C19H28IN3O2. The number of ether oxygens (including phenoxy) is 1. The van der Waals surface area contributed by atoms with E-state index in [0.717, 1.165) is 30.6 Å². The number of methoxy groups -OCH3 is 1. The number of nitrogens with zero attached hydrogens (tertiary/aromatic N) is 1. The van der Waals surface area contributed by atoms with Crippen molar-refractivity contribution < 1.29 is 9.15 Å². The van der Waals surface area contributed by atoms with Crippen molar-refractivity contribution in [2.45, 2.75) is 32.7 Å². The van der Waals surface area contributed by atoms with E-state index in [4.69, 9.17) is 9.15 Å². The SMILES string of the molecule is CCNC(=NCc1ccco1)NCC(C)(C)c1ccc(OC)cc1.I. The first-order valence-electron chi connectivity index (χ1n) is 8.24. The van der Waals surface area contributed by atoms with Crippen LogP contribution in [0.2, 0.25) is 0 Å². The predicted octanol–water partition coefficient (Wildman–Crippen LogP) is 3.94. The standard InChI is InChI=1S/C19H27N3O2.HI/c1-5-20-18(21-13-17-7-6-12-24-17)22-14-19(2,3)15-8-10-16(23-4)11-9-15;/h6-12H,5,13-14H2,1-4H3,(H2,20,21,22);1H. The van der Waals surface area contributed by atoms with Crippen LogP contribution in [0.1, 0.15) is 32.1 Å². The fourth-order valence-corrected chi connectivity index (χ4v) is 2.35. The zero-order chi connectivity index (χ0) is 17.4. The van der Waals surface area contributed by atoms with Gasteiger partial charge >= 0.3 is 0 Å². The highest BCUT2D eigenvalue weighted by Crippen LogP contribution is 2.24. The predicted molar refractivity (Wildman–Crippen MR) is 113 cm³/mol. The highest BCUT2D eigenvalue weighted by Gasteiger charge is 2.21. The lowest BCUT2D eigenvalue weighted by Gasteiger charge is -2.27. The molecule has 0 aliphatic heterocycles. The van der Waals surface area contributed by atoms with E-state index in [0.29, 0.717) is 6.54 Å². The zero-order valence-electron chi connectivity index (χ0n) is 15.3. The first-order chi connectivity index (χ1) is 11.5. The number of halogens is 1. The molecule has 1 aromatic heterocycles. The summed E-state index contributed by atoms with van der Waals surface area (Å²) >= 11 is 0. The summed E-state index contributed by atoms with van der Waals surface area (Å²) in [6.07, 6.45) is 1.66. The number of hydrogen-bond acceptors (Lipinski definition) is 3. The van der Waals surface area contributed by atoms with E-state index < -0.39 is 0 Å². The van der Waals surface area contributed by atoms with E-state index in [1.54, 1.807) is 13.4 Å². The summed E-state index contributed by atoms with van der Waals surface area (Å²) in [6, 6.07) is 12.0. The second-order valence-electron chi connectivity index (χ2n) is 6.24. The molecule has 0 fully saturated rings. The van der Waals surface area contributed by atoms with E-state index in [9.17, 15) is 0 Å². The Bertz CT molecular complexity index is 637. The van der Waals surface area contributed by atoms with Gasteiger partial charge in [0.15, 0.2) is 5.96 Å². The maximum atomic E-state index is 5.32. The maximum Gasteiger partial charge on any atom is 0.191 e. The second-order valence-corrected chi connectivity index (χ2v) is 6.24. The van der Waals surface area contributed by atoms with Crippen LogP contribution in [0.4, 0.5) is 0 Å². The molecule has 0 aliphatic rings. The van der Waals surface area contributed by atoms with Gasteiger partial charge in [-0.05, 0) is 36.8 Å². The first-order valence-corrected chi connectivity index (χ1v) is 8.24. The van der Waals surface area contributed by atoms with Gasteiger partial charge in [-0.3, -0.25) is 0 Å². The third-order valence-corrected chi connectivity index (χ3v) is 3.89. The molecule has 0 spiro atoms. The quantitative estimate of drug-likeness (QED) is 0.376. The molecule has 0 saturated carbocycles. The molecule has 0 radical (unpaired) electrons. The summed E-state index contributed by atoms with van der Waals surface area (Å²) in [4.78, 5) is 4.56. The van der Waals surface area contributed by atoms with E-state index in [1.165, 1.54) is 5.56 Å². The van der Waals surface area contributed by atoms with Crippen molar-refractivity contribution in [3.8, 4) is 5.75 Å². The Morgan fingerprint density at radius 2 is 1.88 bits per heavy atom. The van der Waals surface area contributed by atoms with E-state index >= 15 is 0 Å². The molecule has 0 bridgehead atoms. The number of furan rings is 1. The summed E-state index contributed by atoms with van der Waals surface area (Å²) < 4.78 is 10.5. The van der Waals surface area contributed by atoms with Crippen LogP contribution in [0.15, 0.2) is 52.1 Å². The number of hydrogen-bond donors (Lipinski definition) is 2. The molecule has 1 aromatic carbocycles. The fraction of sp³-hybridized carbons (Fsp3) is 0.421. The van der Waals surface area contributed by atoms with Gasteiger partial charge in [-0.15, -0.1) is 24.0 Å². The number of aliphatic imine (C=N–C) groups is 1. The number of rotatable bonds is 7. The van der Waals surface area contributed by atoms with Crippen molar-refractivity contribution >= 4 is 29.9 Å². The molecule has 1 heterocycles. The van der Waals surface area contributed by atoms with Crippen molar-refractivity contribution in [2.75, 3.05) is 20.2 Å². The smallest absolute Gasteiger partial charge is 0.191 e. The van der Waals surface area contributed by atoms with Gasteiger partial charge in [-0.25, -0.2) is 4.99 Å². The average molecular weight is 457 g/mol. The van der Waals surface area contributed by atoms with Crippen molar-refractivity contribution in [3.63, 3.8) is 0 Å². The lowest BCUT2D eigenvalue weighted by atomic mass is 9.84. The van der Waals surface area contributed by atoms with Crippen LogP contribution in [0.5, 0.6) is 5.75 Å². The highest BCUT2D eigenvalue weighted by atomic mass is 127. The summed E-state index contributed by atoms with van der Waals surface area (Å²) in [6.45, 7) is 8.57. The Morgan fingerprint density at radius 3 is 2.44 bits per heavy atom. The molecule has 5 nitrogen and oxygen atoms in total. The number of nitrogens with one attached hydrogen (secondary N) is 2. The van der Waals surface area contributed by atoms with Crippen LogP contribution in [0.25, 0.3) is 0 Å². The fourth-order valence-electron chi connectivity index (χ4n) is 2.35. The van der Waals surface area contributed by atoms with Crippen molar-refractivity contribution in [1.29, 1.82) is 0 Å². The molecule has 0 saturated heterocycles. The maximum absolute atomic E-state index is 5.32. The van der Waals surface area contributed by atoms with Crippen molar-refractivity contribution in [2.24, 2.45) is 4.99 Å². The zero-order valence-corrected chi connectivity index (χ0v) is 17.7. The topological polar surface area (TPSA) is 58.8 Å².